The summed E-state index contributed by atoms with van der Waals surface area (Å²) in [7, 11) is 8.18. The van der Waals surface area contributed by atoms with Crippen molar-refractivity contribution in [3.63, 3.8) is 0 Å². The van der Waals surface area contributed by atoms with Gasteiger partial charge in [-0.15, -0.1) is 0 Å². The molecule has 4 fully saturated rings. The number of hydrogen-bond acceptors (Lipinski definition) is 27. The number of rotatable bonds is 20. The summed E-state index contributed by atoms with van der Waals surface area (Å²) < 4.78 is 34.5. The van der Waals surface area contributed by atoms with Crippen LogP contribution in [-0.2, 0) is 77.5 Å². The van der Waals surface area contributed by atoms with E-state index in [0.717, 1.165) is 166 Å². The van der Waals surface area contributed by atoms with Gasteiger partial charge in [0.05, 0.1) is 54.6 Å². The third-order valence-corrected chi connectivity index (χ3v) is 25.6. The molecule has 2 atom stereocenters. The van der Waals surface area contributed by atoms with Crippen LogP contribution in [0.1, 0.15) is 71.1 Å². The Morgan fingerprint density at radius 3 is 1.35 bits per heavy atom. The predicted octanol–water partition coefficient (Wildman–Crippen LogP) is 10.1. The number of piperazine rings is 4. The molecule has 4 amide bonds. The zero-order valence-corrected chi connectivity index (χ0v) is 76.2. The summed E-state index contributed by atoms with van der Waals surface area (Å²) in [6.45, 7) is 35.1. The molecule has 132 heavy (non-hydrogen) atoms. The van der Waals surface area contributed by atoms with Crippen molar-refractivity contribution in [1.82, 2.24) is 69.3 Å². The SMILES string of the molecule is C=CC(=O)N1CCN(c2nc(CCCN(C)C)nc3c2CCN(c2cc(O)cc4ccccc24)C3)C[C@@H]1C.C=CC(=O)N1CCN(c2nc(OCCN(C)C)nc3c2CCN(c2cc(O)cc4ccccc24)C3)C[C@H]1C.C=CC(=O)N1CCN(c2ncnc3c2CCN(c2c(O)cccc2F)C3)CC1.C=CC(=O)N1CCN(c2ncnc3c2CCN(c2cc(O)ccc2F)C3)CC1. The van der Waals surface area contributed by atoms with Gasteiger partial charge < -0.3 is 93.8 Å². The Bertz CT molecular complexity index is 5690. The first-order chi connectivity index (χ1) is 63.8. The Morgan fingerprint density at radius 1 is 0.424 bits per heavy atom. The maximum absolute atomic E-state index is 14.2. The largest absolute Gasteiger partial charge is 0.508 e. The van der Waals surface area contributed by atoms with Crippen molar-refractivity contribution < 1.29 is 53.1 Å². The van der Waals surface area contributed by atoms with Crippen LogP contribution in [-0.4, -0.2) is 291 Å². The minimum atomic E-state index is -0.444. The van der Waals surface area contributed by atoms with Crippen molar-refractivity contribution in [3.05, 3.63) is 235 Å². The van der Waals surface area contributed by atoms with Gasteiger partial charge in [0, 0.05) is 205 Å². The molecule has 0 radical (unpaired) electrons. The van der Waals surface area contributed by atoms with Crippen molar-refractivity contribution in [1.29, 1.82) is 0 Å². The molecule has 33 heteroatoms. The Labute approximate surface area is 769 Å². The van der Waals surface area contributed by atoms with Gasteiger partial charge in [-0.1, -0.05) is 80.9 Å². The molecule has 4 aromatic heterocycles. The summed E-state index contributed by atoms with van der Waals surface area (Å²) in [5.41, 5.74) is 10.8. The molecule has 18 rings (SSSR count). The molecule has 0 bridgehead atoms. The van der Waals surface area contributed by atoms with E-state index in [-0.39, 0.29) is 70.2 Å². The lowest BCUT2D eigenvalue weighted by Crippen LogP contribution is -2.54. The normalized spacial score (nSPS) is 17.2. The number of benzene rings is 6. The molecule has 0 unspecified atom stereocenters. The van der Waals surface area contributed by atoms with Crippen LogP contribution in [0.5, 0.6) is 29.0 Å². The van der Waals surface area contributed by atoms with Crippen LogP contribution in [0.4, 0.5) is 54.8 Å². The summed E-state index contributed by atoms with van der Waals surface area (Å²) in [4.78, 5) is 115. The topological polar surface area (TPSA) is 307 Å². The molecule has 4 saturated heterocycles. The maximum atomic E-state index is 14.2. The molecule has 692 valence electrons. The van der Waals surface area contributed by atoms with Gasteiger partial charge in [-0.2, -0.15) is 9.97 Å². The lowest BCUT2D eigenvalue weighted by atomic mass is 10.0. The second-order valence-corrected chi connectivity index (χ2v) is 34.8. The number of para-hydroxylation sites is 1. The molecule has 0 spiro atoms. The van der Waals surface area contributed by atoms with Gasteiger partial charge in [0.1, 0.15) is 88.7 Å². The molecule has 8 aliphatic heterocycles. The Hall–Kier alpha value is -13.8. The lowest BCUT2D eigenvalue weighted by Gasteiger charge is -2.41. The first-order valence-electron chi connectivity index (χ1n) is 45.3. The number of fused-ring (bicyclic) bond motifs is 6. The first kappa shape index (κ1) is 92.9. The molecule has 4 N–H and O–H groups in total. The van der Waals surface area contributed by atoms with Gasteiger partial charge in [0.2, 0.25) is 23.6 Å². The van der Waals surface area contributed by atoms with Crippen LogP contribution < -0.4 is 43.9 Å². The summed E-state index contributed by atoms with van der Waals surface area (Å²) in [5.74, 6) is 4.11. The Morgan fingerprint density at radius 2 is 0.864 bits per heavy atom. The lowest BCUT2D eigenvalue weighted by molar-refractivity contribution is -0.129. The molecular weight excluding hydrogens is 1680 g/mol. The smallest absolute Gasteiger partial charge is 0.318 e. The first-order valence-corrected chi connectivity index (χ1v) is 45.3. The summed E-state index contributed by atoms with van der Waals surface area (Å²) in [5, 5.41) is 44.9. The van der Waals surface area contributed by atoms with Crippen LogP contribution in [0.2, 0.25) is 0 Å². The number of carbonyl (C=O) groups is 4. The summed E-state index contributed by atoms with van der Waals surface area (Å²) >= 11 is 0. The van der Waals surface area contributed by atoms with Gasteiger partial charge in [0.15, 0.2) is 0 Å². The quantitative estimate of drug-likeness (QED) is 0.0516. The summed E-state index contributed by atoms with van der Waals surface area (Å²) in [6.07, 6.45) is 13.3. The number of halogens is 2. The maximum Gasteiger partial charge on any atom is 0.318 e. The highest BCUT2D eigenvalue weighted by atomic mass is 19.1. The number of phenols is 4. The number of anilines is 8. The fraction of sp³-hybridized carbons (Fsp3) is 0.394. The minimum absolute atomic E-state index is 0.0137. The van der Waals surface area contributed by atoms with Crippen LogP contribution >= 0.6 is 0 Å². The highest BCUT2D eigenvalue weighted by molar-refractivity contribution is 5.97. The molecule has 6 aromatic carbocycles. The van der Waals surface area contributed by atoms with Crippen molar-refractivity contribution >= 4 is 91.2 Å². The van der Waals surface area contributed by atoms with E-state index in [4.69, 9.17) is 24.7 Å². The number of likely N-dealkylation sites (N-methyl/N-ethyl adjacent to an activating group) is 1. The van der Waals surface area contributed by atoms with Crippen molar-refractivity contribution in [2.24, 2.45) is 0 Å². The van der Waals surface area contributed by atoms with E-state index in [2.05, 4.69) is 126 Å². The van der Waals surface area contributed by atoms with E-state index in [1.54, 1.807) is 15.9 Å². The van der Waals surface area contributed by atoms with Crippen molar-refractivity contribution in [2.45, 2.75) is 90.6 Å². The molecule has 0 saturated carbocycles. The van der Waals surface area contributed by atoms with Crippen LogP contribution in [0.3, 0.4) is 0 Å². The number of hydrogen-bond donors (Lipinski definition) is 4. The predicted molar refractivity (Wildman–Crippen MR) is 511 cm³/mol. The van der Waals surface area contributed by atoms with Gasteiger partial charge in [-0.25, -0.2) is 38.7 Å². The number of carbonyl (C=O) groups excluding carboxylic acids is 4. The molecule has 8 aliphatic rings. The third-order valence-electron chi connectivity index (χ3n) is 25.6. The monoisotopic (exact) mass is 1800 g/mol. The number of ether oxygens (including phenoxy) is 1. The number of aromatic nitrogens is 8. The van der Waals surface area contributed by atoms with Crippen LogP contribution in [0.25, 0.3) is 21.5 Å². The standard InChI is InChI=1S/C30H38N6O2.C29H36N6O3.2C20H22FN5O2/c1-5-29(38)36-16-15-35(19-21(36)2)30-25-12-14-34(20-26(25)31-28(32-30)11-8-13-33(3)4)27-18-23(37)17-22-9-6-7-10-24(22)27;1-5-27(37)35-13-12-34(18-20(35)2)28-24-10-11-33(19-25(24)30-29(31-28)38-15-14-32(3)4)26-17-22(36)16-21-8-6-7-9-23(21)26;1-2-19(28)24-7-9-25(10-8-24)20-15-5-6-26(12-17(15)22-13-23-20)18-11-14(27)3-4-16(18)21;1-2-18(28)24-8-10-25(11-9-24)20-14-6-7-26(12-16(14)22-13-23-20)19-15(21)4-3-5-17(19)27/h5-7,9-10,17-18,21,37H,1,8,11-16,19-20H2,2-4H3;5-9,16-17,20,36H,1,10-15,18-19H2,2-4H3;2-4,11,13,27H,1,5-10,12H2;2-5,13,27H,1,6-12H2/t21-;20-;;/m01../s1. The molecule has 12 heterocycles. The summed E-state index contributed by atoms with van der Waals surface area (Å²) in [6, 6.07) is 32.5. The molecule has 10 aromatic rings. The van der Waals surface area contributed by atoms with E-state index < -0.39 is 5.82 Å². The molecular formula is C99H118F2N22O9. The van der Waals surface area contributed by atoms with Crippen molar-refractivity contribution in [2.75, 3.05) is 205 Å². The number of phenolic OH excluding ortho intramolecular Hbond substituents is 4. The second kappa shape index (κ2) is 41.9. The average Bonchev–Trinajstić information content (AvgIpc) is 0.769. The fourth-order valence-electron chi connectivity index (χ4n) is 18.8. The second-order valence-electron chi connectivity index (χ2n) is 34.8. The van der Waals surface area contributed by atoms with Gasteiger partial charge in [-0.3, -0.25) is 19.2 Å². The molecule has 31 nitrogen and oxygen atoms in total. The van der Waals surface area contributed by atoms with Gasteiger partial charge in [-0.05, 0) is 152 Å². The number of aryl methyl sites for hydroxylation is 1. The zero-order valence-electron chi connectivity index (χ0n) is 76.2. The van der Waals surface area contributed by atoms with E-state index in [0.29, 0.717) is 149 Å². The number of nitrogens with zero attached hydrogens (tertiary/aromatic N) is 22. The molecule has 0 aliphatic carbocycles. The fourth-order valence-corrected chi connectivity index (χ4v) is 18.8. The van der Waals surface area contributed by atoms with Gasteiger partial charge >= 0.3 is 6.01 Å². The Kier molecular flexibility index (Phi) is 29.5. The third kappa shape index (κ3) is 21.3. The highest BCUT2D eigenvalue weighted by Gasteiger charge is 2.37. The van der Waals surface area contributed by atoms with Crippen LogP contribution in [0, 0.1) is 11.6 Å². The minimum Gasteiger partial charge on any atom is -0.508 e. The number of amides is 4. The van der Waals surface area contributed by atoms with Crippen LogP contribution in [0.15, 0.2) is 172 Å². The highest BCUT2D eigenvalue weighted by Crippen LogP contribution is 2.42. The van der Waals surface area contributed by atoms with E-state index >= 15 is 0 Å². The van der Waals surface area contributed by atoms with Crippen molar-refractivity contribution in [3.8, 4) is 29.0 Å². The van der Waals surface area contributed by atoms with E-state index in [1.807, 2.05) is 88.3 Å². The van der Waals surface area contributed by atoms with E-state index in [1.165, 1.54) is 78.9 Å². The van der Waals surface area contributed by atoms with Gasteiger partial charge in [0.25, 0.3) is 0 Å². The zero-order chi connectivity index (χ0) is 93.0. The Balaban J connectivity index is 0.000000136. The van der Waals surface area contributed by atoms with E-state index in [9.17, 15) is 48.4 Å². The average molecular weight is 1800 g/mol. The number of aromatic hydroxyl groups is 4.